The van der Waals surface area contributed by atoms with Crippen molar-refractivity contribution in [2.75, 3.05) is 4.90 Å². The van der Waals surface area contributed by atoms with Gasteiger partial charge in [-0.1, -0.05) is 232 Å². The SMILES string of the molecule is CC1(C)c2ccccc2-c2ccc(N(c3cccc4c3C=C(c3ccccc3)N/C4=C(\C(=N)c3ccccc3)c3ccccc3)c3cccc4c3-c3ccccc3C43c4ccccc4-c4ccccc43)cc21. The number of anilines is 3. The van der Waals surface area contributed by atoms with Crippen LogP contribution in [0, 0.1) is 5.41 Å². The molecule has 340 valence electrons. The van der Waals surface area contributed by atoms with Gasteiger partial charge in [-0.25, -0.2) is 0 Å². The second-order valence-electron chi connectivity index (χ2n) is 20.0. The first kappa shape index (κ1) is 41.9. The van der Waals surface area contributed by atoms with Crippen molar-refractivity contribution in [2.24, 2.45) is 0 Å². The van der Waals surface area contributed by atoms with Crippen molar-refractivity contribution in [3.63, 3.8) is 0 Å². The summed E-state index contributed by atoms with van der Waals surface area (Å²) < 4.78 is 0. The predicted octanol–water partition coefficient (Wildman–Crippen LogP) is 16.8. The van der Waals surface area contributed by atoms with Gasteiger partial charge in [-0.05, 0) is 103 Å². The Bertz CT molecular complexity index is 3890. The summed E-state index contributed by atoms with van der Waals surface area (Å²) in [5.74, 6) is 0. The zero-order chi connectivity index (χ0) is 48.1. The van der Waals surface area contributed by atoms with Crippen LogP contribution in [0.25, 0.3) is 56.4 Å². The molecule has 1 spiro atoms. The van der Waals surface area contributed by atoms with E-state index in [4.69, 9.17) is 0 Å². The largest absolute Gasteiger partial charge is 0.354 e. The van der Waals surface area contributed by atoms with E-state index in [0.29, 0.717) is 5.71 Å². The smallest absolute Gasteiger partial charge is 0.0726 e. The maximum absolute atomic E-state index is 10.1. The van der Waals surface area contributed by atoms with E-state index in [1.807, 2.05) is 36.4 Å². The summed E-state index contributed by atoms with van der Waals surface area (Å²) in [5, 5.41) is 14.0. The molecule has 0 saturated carbocycles. The third kappa shape index (κ3) is 5.95. The van der Waals surface area contributed by atoms with Crippen LogP contribution in [0.1, 0.15) is 75.0 Å². The zero-order valence-electron chi connectivity index (χ0n) is 40.1. The highest BCUT2D eigenvalue weighted by molar-refractivity contribution is 6.36. The van der Waals surface area contributed by atoms with Crippen molar-refractivity contribution in [2.45, 2.75) is 24.7 Å². The van der Waals surface area contributed by atoms with Gasteiger partial charge in [0.15, 0.2) is 0 Å². The molecule has 72 heavy (non-hydrogen) atoms. The van der Waals surface area contributed by atoms with Crippen LogP contribution in [0.3, 0.4) is 0 Å². The maximum Gasteiger partial charge on any atom is 0.0726 e. The summed E-state index contributed by atoms with van der Waals surface area (Å²) in [4.78, 5) is 2.55. The molecular formula is C69H49N3. The molecule has 0 aromatic heterocycles. The first-order chi connectivity index (χ1) is 35.4. The topological polar surface area (TPSA) is 39.1 Å². The van der Waals surface area contributed by atoms with Crippen molar-refractivity contribution < 1.29 is 0 Å². The highest BCUT2D eigenvalue weighted by Crippen LogP contribution is 2.65. The minimum Gasteiger partial charge on any atom is -0.354 e. The summed E-state index contributed by atoms with van der Waals surface area (Å²) >= 11 is 0. The van der Waals surface area contributed by atoms with Gasteiger partial charge in [-0.2, -0.15) is 0 Å². The number of nitrogens with zero attached hydrogens (tertiary/aromatic N) is 1. The number of benzene rings is 10. The van der Waals surface area contributed by atoms with Crippen molar-refractivity contribution in [3.05, 3.63) is 304 Å². The molecule has 0 fully saturated rings. The van der Waals surface area contributed by atoms with Gasteiger partial charge in [-0.15, -0.1) is 0 Å². The average Bonchev–Trinajstić information content (AvgIpc) is 4.01. The third-order valence-corrected chi connectivity index (χ3v) is 15.9. The highest BCUT2D eigenvalue weighted by atomic mass is 15.2. The fraction of sp³-hybridized carbons (Fsp3) is 0.0580. The number of hydrogen-bond acceptors (Lipinski definition) is 3. The lowest BCUT2D eigenvalue weighted by Gasteiger charge is -2.34. The molecule has 0 bridgehead atoms. The van der Waals surface area contributed by atoms with E-state index in [1.165, 1.54) is 66.8 Å². The standard InChI is InChI=1S/C69H49N3/c1-68(2)55-33-16-12-28-48(55)51-41-40-47(42-60(51)68)72(63-39-21-37-59-65(63)53-31-15-19-36-58(53)69(59)56-34-17-13-29-49(56)50-30-14-18-35-57(50)69)62-38-20-32-52-54(62)43-61(44-22-6-3-7-23-44)71-67(52)64(45-24-8-4-9-25-45)66(70)46-26-10-5-11-27-46/h3-43,70-71H,1-2H3/b67-64-,70-66?. The number of hydrogen-bond donors (Lipinski definition) is 2. The van der Waals surface area contributed by atoms with Crippen LogP contribution >= 0.6 is 0 Å². The number of fused-ring (bicyclic) bond motifs is 14. The summed E-state index contributed by atoms with van der Waals surface area (Å²) in [7, 11) is 0. The summed E-state index contributed by atoms with van der Waals surface area (Å²) in [6.45, 7) is 4.74. The van der Waals surface area contributed by atoms with Gasteiger partial charge < -0.3 is 10.2 Å². The van der Waals surface area contributed by atoms with E-state index < -0.39 is 5.41 Å². The van der Waals surface area contributed by atoms with Gasteiger partial charge in [0, 0.05) is 44.6 Å². The van der Waals surface area contributed by atoms with E-state index in [1.54, 1.807) is 0 Å². The molecule has 4 aliphatic rings. The Hall–Kier alpha value is -9.05. The molecule has 3 nitrogen and oxygen atoms in total. The van der Waals surface area contributed by atoms with Crippen LogP contribution < -0.4 is 10.2 Å². The Kier molecular flexibility index (Phi) is 9.30. The van der Waals surface area contributed by atoms with Gasteiger partial charge in [0.1, 0.15) is 0 Å². The van der Waals surface area contributed by atoms with Crippen molar-refractivity contribution in [1.29, 1.82) is 5.41 Å². The Morgan fingerprint density at radius 2 is 0.903 bits per heavy atom. The molecule has 0 saturated heterocycles. The summed E-state index contributed by atoms with van der Waals surface area (Å²) in [6.07, 6.45) is 2.33. The van der Waals surface area contributed by atoms with Crippen LogP contribution in [0.2, 0.25) is 0 Å². The van der Waals surface area contributed by atoms with E-state index in [-0.39, 0.29) is 5.41 Å². The van der Waals surface area contributed by atoms with Gasteiger partial charge in [-0.3, -0.25) is 5.41 Å². The van der Waals surface area contributed by atoms with E-state index in [9.17, 15) is 5.41 Å². The molecule has 0 unspecified atom stereocenters. The van der Waals surface area contributed by atoms with Crippen LogP contribution in [0.5, 0.6) is 0 Å². The number of nitrogens with one attached hydrogen (secondary N) is 2. The molecule has 3 heteroatoms. The Morgan fingerprint density at radius 3 is 1.57 bits per heavy atom. The van der Waals surface area contributed by atoms with Crippen molar-refractivity contribution >= 4 is 45.8 Å². The molecule has 0 atom stereocenters. The van der Waals surface area contributed by atoms with Gasteiger partial charge in [0.05, 0.1) is 28.2 Å². The highest BCUT2D eigenvalue weighted by Gasteiger charge is 2.52. The molecule has 10 aromatic rings. The minimum absolute atomic E-state index is 0.223. The van der Waals surface area contributed by atoms with Gasteiger partial charge in [0.2, 0.25) is 0 Å². The molecule has 0 amide bonds. The van der Waals surface area contributed by atoms with E-state index in [0.717, 1.165) is 61.8 Å². The normalized spacial score (nSPS) is 15.2. The van der Waals surface area contributed by atoms with Crippen LogP contribution in [-0.2, 0) is 10.8 Å². The number of allylic oxidation sites excluding steroid dienone is 1. The molecule has 1 aliphatic heterocycles. The zero-order valence-corrected chi connectivity index (χ0v) is 40.1. The fourth-order valence-corrected chi connectivity index (χ4v) is 12.8. The Morgan fingerprint density at radius 1 is 0.417 bits per heavy atom. The Balaban J connectivity index is 1.09. The van der Waals surface area contributed by atoms with Crippen molar-refractivity contribution in [1.82, 2.24) is 5.32 Å². The van der Waals surface area contributed by atoms with Crippen LogP contribution in [0.4, 0.5) is 17.1 Å². The monoisotopic (exact) mass is 919 g/mol. The average molecular weight is 920 g/mol. The Labute approximate surface area is 421 Å². The number of rotatable bonds is 7. The molecule has 14 rings (SSSR count). The lowest BCUT2D eigenvalue weighted by molar-refractivity contribution is 0.660. The van der Waals surface area contributed by atoms with Crippen LogP contribution in [0.15, 0.2) is 243 Å². The first-order valence-corrected chi connectivity index (χ1v) is 25.0. The third-order valence-electron chi connectivity index (χ3n) is 15.9. The van der Waals surface area contributed by atoms with Gasteiger partial charge >= 0.3 is 0 Å². The molecule has 10 aromatic carbocycles. The quantitative estimate of drug-likeness (QED) is 0.156. The second kappa shape index (κ2) is 16.0. The molecule has 0 radical (unpaired) electrons. The fourth-order valence-electron chi connectivity index (χ4n) is 12.8. The van der Waals surface area contributed by atoms with Crippen molar-refractivity contribution in [3.8, 4) is 33.4 Å². The van der Waals surface area contributed by atoms with E-state index >= 15 is 0 Å². The predicted molar refractivity (Wildman–Crippen MR) is 299 cm³/mol. The summed E-state index contributed by atoms with van der Waals surface area (Å²) in [6, 6.07) is 88.2. The molecule has 3 aliphatic carbocycles. The summed E-state index contributed by atoms with van der Waals surface area (Å²) in [5.41, 5.74) is 26.1. The lowest BCUT2D eigenvalue weighted by atomic mass is 9.70. The lowest BCUT2D eigenvalue weighted by Crippen LogP contribution is -2.26. The second-order valence-corrected chi connectivity index (χ2v) is 20.0. The van der Waals surface area contributed by atoms with E-state index in [2.05, 4.69) is 236 Å². The first-order valence-electron chi connectivity index (χ1n) is 25.0. The van der Waals surface area contributed by atoms with Crippen LogP contribution in [-0.4, -0.2) is 5.71 Å². The van der Waals surface area contributed by atoms with Gasteiger partial charge in [0.25, 0.3) is 0 Å². The maximum atomic E-state index is 10.1. The minimum atomic E-state index is -0.513. The molecule has 1 heterocycles. The molecular weight excluding hydrogens is 871 g/mol. The molecule has 2 N–H and O–H groups in total.